The van der Waals surface area contributed by atoms with E-state index in [-0.39, 0.29) is 21.1 Å². The van der Waals surface area contributed by atoms with Gasteiger partial charge in [-0.2, -0.15) is 11.2 Å². The Hall–Kier alpha value is -3.37. The second kappa shape index (κ2) is 9.63. The number of hydrogen-bond donors (Lipinski definition) is 0. The molecule has 3 aromatic carbocycles. The van der Waals surface area contributed by atoms with Crippen molar-refractivity contribution >= 4 is 12.0 Å². The van der Waals surface area contributed by atoms with E-state index < -0.39 is 0 Å². The molecule has 1 aliphatic rings. The number of hydrazone groups is 1. The Morgan fingerprint density at radius 1 is 0.879 bits per heavy atom. The van der Waals surface area contributed by atoms with E-state index in [9.17, 15) is 0 Å². The number of nitrogens with zero attached hydrogens (tertiary/aromatic N) is 5. The summed E-state index contributed by atoms with van der Waals surface area (Å²) < 4.78 is 8.18. The molecule has 0 spiro atoms. The van der Waals surface area contributed by atoms with Crippen LogP contribution in [-0.2, 0) is 28.1 Å². The predicted molar refractivity (Wildman–Crippen MR) is 126 cm³/mol. The molecule has 0 aliphatic carbocycles. The van der Waals surface area contributed by atoms with E-state index in [1.54, 1.807) is 11.3 Å². The molecule has 0 bridgehead atoms. The minimum absolute atomic E-state index is 0. The van der Waals surface area contributed by atoms with Crippen molar-refractivity contribution in [3.8, 4) is 34.1 Å². The van der Waals surface area contributed by atoms with Crippen LogP contribution in [0.2, 0.25) is 0 Å². The first-order valence-corrected chi connectivity index (χ1v) is 10.3. The van der Waals surface area contributed by atoms with Crippen molar-refractivity contribution in [1.29, 1.82) is 0 Å². The Labute approximate surface area is 208 Å². The maximum absolute atomic E-state index is 6.07. The zero-order valence-electron chi connectivity index (χ0n) is 18.5. The number of rotatable bonds is 5. The van der Waals surface area contributed by atoms with Gasteiger partial charge in [-0.1, -0.05) is 42.1 Å². The van der Waals surface area contributed by atoms with E-state index in [1.807, 2.05) is 87.2 Å². The summed E-state index contributed by atoms with van der Waals surface area (Å²) in [6.07, 6.45) is 1.73. The third-order valence-electron chi connectivity index (χ3n) is 5.20. The van der Waals surface area contributed by atoms with Crippen molar-refractivity contribution in [3.63, 3.8) is 0 Å². The van der Waals surface area contributed by atoms with Gasteiger partial charge in [0.25, 0.3) is 0 Å². The van der Waals surface area contributed by atoms with E-state index >= 15 is 0 Å². The van der Waals surface area contributed by atoms with Gasteiger partial charge in [0.05, 0.1) is 23.6 Å². The minimum Gasteiger partial charge on any atom is -0.503 e. The van der Waals surface area contributed by atoms with Gasteiger partial charge in [0.15, 0.2) is 0 Å². The fourth-order valence-corrected chi connectivity index (χ4v) is 3.75. The number of anilines is 1. The van der Waals surface area contributed by atoms with E-state index in [0.717, 1.165) is 34.0 Å². The second-order valence-corrected chi connectivity index (χ2v) is 7.58. The average Bonchev–Trinajstić information content (AvgIpc) is 3.37. The molecule has 1 aliphatic heterocycles. The molecule has 0 radical (unpaired) electrons. The number of hydrogen-bond acceptors (Lipinski definition) is 5. The summed E-state index contributed by atoms with van der Waals surface area (Å²) in [5.74, 6) is 2.03. The van der Waals surface area contributed by atoms with Crippen molar-refractivity contribution < 1.29 is 25.8 Å². The van der Waals surface area contributed by atoms with E-state index in [2.05, 4.69) is 33.9 Å². The fourth-order valence-electron chi connectivity index (χ4n) is 3.75. The summed E-state index contributed by atoms with van der Waals surface area (Å²) in [5.41, 5.74) is 4.87. The van der Waals surface area contributed by atoms with E-state index in [4.69, 9.17) is 9.72 Å². The second-order valence-electron chi connectivity index (χ2n) is 7.58. The van der Waals surface area contributed by atoms with Gasteiger partial charge in [-0.3, -0.25) is 4.98 Å². The van der Waals surface area contributed by atoms with E-state index in [1.165, 1.54) is 0 Å². The molecule has 0 amide bonds. The molecule has 0 atom stereocenters. The fraction of sp³-hybridized carbons (Fsp3) is 0.115. The van der Waals surface area contributed by atoms with Crippen LogP contribution in [0.25, 0.3) is 22.6 Å². The molecule has 4 aromatic rings. The topological polar surface area (TPSA) is 45.9 Å². The molecule has 0 N–H and O–H groups in total. The Kier molecular flexibility index (Phi) is 6.66. The van der Waals surface area contributed by atoms with Crippen LogP contribution in [0.5, 0.6) is 11.5 Å². The van der Waals surface area contributed by atoms with Gasteiger partial charge in [-0.25, -0.2) is 0 Å². The normalized spacial score (nSPS) is 12.7. The Morgan fingerprint density at radius 2 is 1.61 bits per heavy atom. The average molecular weight is 616 g/mol. The van der Waals surface area contributed by atoms with Gasteiger partial charge in [0, 0.05) is 39.6 Å². The van der Waals surface area contributed by atoms with Crippen LogP contribution in [-0.4, -0.2) is 27.8 Å². The van der Waals surface area contributed by atoms with Crippen LogP contribution >= 0.6 is 0 Å². The van der Waals surface area contributed by atoms with E-state index in [0.29, 0.717) is 11.5 Å². The predicted octanol–water partition coefficient (Wildman–Crippen LogP) is 5.27. The summed E-state index contributed by atoms with van der Waals surface area (Å²) in [5, 5.41) is 6.05. The van der Waals surface area contributed by atoms with Gasteiger partial charge < -0.3 is 19.2 Å². The molecule has 7 heteroatoms. The summed E-state index contributed by atoms with van der Waals surface area (Å²) in [6.45, 7) is 3.90. The molecule has 0 saturated heterocycles. The van der Waals surface area contributed by atoms with Crippen molar-refractivity contribution in [1.82, 2.24) is 14.5 Å². The molecule has 33 heavy (non-hydrogen) atoms. The smallest absolute Gasteiger partial charge is 0.0803 e. The molecule has 1 aromatic heterocycles. The summed E-state index contributed by atoms with van der Waals surface area (Å²) in [7, 11) is 3.95. The molecule has 5 rings (SSSR count). The van der Waals surface area contributed by atoms with Crippen molar-refractivity contribution in [2.75, 3.05) is 12.1 Å². The van der Waals surface area contributed by atoms with Crippen LogP contribution in [0, 0.1) is 25.7 Å². The van der Waals surface area contributed by atoms with Gasteiger partial charge in [-0.15, -0.1) is 48.6 Å². The number of ether oxygens (including phenoxy) is 1. The zero-order valence-corrected chi connectivity index (χ0v) is 20.7. The van der Waals surface area contributed by atoms with Crippen molar-refractivity contribution in [2.45, 2.75) is 6.92 Å². The number of aryl methyl sites for hydroxylation is 1. The summed E-state index contributed by atoms with van der Waals surface area (Å²) >= 11 is 0. The minimum atomic E-state index is 0. The van der Waals surface area contributed by atoms with Crippen LogP contribution in [0.4, 0.5) is 5.69 Å². The number of aromatic nitrogens is 2. The maximum Gasteiger partial charge on any atom is 0.0803 e. The van der Waals surface area contributed by atoms with Gasteiger partial charge >= 0.3 is 0 Å². The molecule has 170 valence electrons. The third kappa shape index (κ3) is 4.71. The first kappa shape index (κ1) is 22.8. The SMILES string of the molecule is Cc1nc(-c2[c-]c(Oc3[c-]c(N4[CH-]N(C)C=N4)ccc3)ccc2)n(C)c1-c1ccccc1.[Pt]. The molecular weight excluding hydrogens is 593 g/mol. The molecular formula is C26H22N5OPt-3. The monoisotopic (exact) mass is 615 g/mol. The summed E-state index contributed by atoms with van der Waals surface area (Å²) in [6, 6.07) is 28.4. The molecule has 0 unspecified atom stereocenters. The first-order chi connectivity index (χ1) is 15.6. The first-order valence-electron chi connectivity index (χ1n) is 10.3. The van der Waals surface area contributed by atoms with Crippen LogP contribution in [0.3, 0.4) is 0 Å². The standard InChI is InChI=1S/C26H22N5O.Pt/c1-19-25(20-9-5-4-6-10-20)30(3)26(28-19)21-11-7-13-23(15-21)32-24-14-8-12-22(16-24)31-18-29(2)17-27-31;/h4-14,17-18H,1-3H3;/q-3;. The Balaban J connectivity index is 0.00000259. The number of imidazole rings is 1. The molecule has 0 saturated carbocycles. The molecule has 2 heterocycles. The van der Waals surface area contributed by atoms with Crippen LogP contribution in [0.1, 0.15) is 5.69 Å². The quantitative estimate of drug-likeness (QED) is 0.288. The van der Waals surface area contributed by atoms with Crippen molar-refractivity contribution in [2.24, 2.45) is 12.1 Å². The van der Waals surface area contributed by atoms with Gasteiger partial charge in [-0.05, 0) is 19.5 Å². The Bertz CT molecular complexity index is 1290. The molecule has 6 nitrogen and oxygen atoms in total. The van der Waals surface area contributed by atoms with Crippen molar-refractivity contribution in [3.05, 3.63) is 91.2 Å². The Morgan fingerprint density at radius 3 is 2.33 bits per heavy atom. The van der Waals surface area contributed by atoms with Crippen LogP contribution in [0.15, 0.2) is 71.8 Å². The molecule has 0 fully saturated rings. The number of benzene rings is 3. The summed E-state index contributed by atoms with van der Waals surface area (Å²) in [4.78, 5) is 6.69. The zero-order chi connectivity index (χ0) is 22.1. The van der Waals surface area contributed by atoms with Crippen LogP contribution < -0.4 is 9.75 Å². The maximum atomic E-state index is 6.07. The third-order valence-corrected chi connectivity index (χ3v) is 5.20. The largest absolute Gasteiger partial charge is 0.503 e. The van der Waals surface area contributed by atoms with Gasteiger partial charge in [0.2, 0.25) is 0 Å². The van der Waals surface area contributed by atoms with Gasteiger partial charge in [0.1, 0.15) is 0 Å².